The number of benzene rings is 2. The maximum Gasteiger partial charge on any atom is 0.178 e. The van der Waals surface area contributed by atoms with E-state index in [-0.39, 0.29) is 5.82 Å². The summed E-state index contributed by atoms with van der Waals surface area (Å²) in [5.74, 6) is 0.273. The van der Waals surface area contributed by atoms with Crippen molar-refractivity contribution in [2.45, 2.75) is 13.5 Å². The number of rotatable bonds is 6. The van der Waals surface area contributed by atoms with Crippen molar-refractivity contribution in [3.63, 3.8) is 0 Å². The average molecular weight is 464 g/mol. The Morgan fingerprint density at radius 3 is 2.77 bits per heavy atom. The van der Waals surface area contributed by atoms with E-state index in [9.17, 15) is 4.39 Å². The molecule has 172 valence electrons. The van der Waals surface area contributed by atoms with Gasteiger partial charge in [0.05, 0.1) is 11.0 Å². The molecule has 0 spiro atoms. The predicted molar refractivity (Wildman–Crippen MR) is 135 cm³/mol. The standard InChI is InChI=1S/C27H22FN7/c1-2-29-13-16-11-18(15-30-14-16)17-7-8-23-21(12-17)25(35-34-23)27-32-24-20(9-10-31-26(24)33-27)19-5-3-4-6-22(19)28/h3-12,14-15,29H,2,13H2,1H3,(H,34,35)(H,31,32,33). The second-order valence-electron chi connectivity index (χ2n) is 8.32. The third-order valence-corrected chi connectivity index (χ3v) is 6.05. The van der Waals surface area contributed by atoms with E-state index in [1.54, 1.807) is 24.4 Å². The number of imidazole rings is 1. The van der Waals surface area contributed by atoms with Gasteiger partial charge in [-0.2, -0.15) is 5.10 Å². The number of fused-ring (bicyclic) bond motifs is 2. The number of halogens is 1. The van der Waals surface area contributed by atoms with Crippen LogP contribution < -0.4 is 5.32 Å². The van der Waals surface area contributed by atoms with E-state index in [1.807, 2.05) is 24.5 Å². The molecule has 0 aliphatic heterocycles. The maximum atomic E-state index is 14.5. The van der Waals surface area contributed by atoms with Crippen LogP contribution in [0.5, 0.6) is 0 Å². The SMILES string of the molecule is CCNCc1cncc(-c2ccc3[nH]nc(-c4nc5nccc(-c6ccccc6F)c5[nH]4)c3c2)c1. The lowest BCUT2D eigenvalue weighted by molar-refractivity contribution is 0.631. The number of aromatic nitrogens is 6. The number of pyridine rings is 2. The normalized spacial score (nSPS) is 11.5. The Morgan fingerprint density at radius 2 is 1.89 bits per heavy atom. The van der Waals surface area contributed by atoms with Crippen molar-refractivity contribution in [2.24, 2.45) is 0 Å². The van der Waals surface area contributed by atoms with Gasteiger partial charge < -0.3 is 10.3 Å². The number of H-pyrrole nitrogens is 2. The lowest BCUT2D eigenvalue weighted by atomic mass is 10.0. The van der Waals surface area contributed by atoms with Gasteiger partial charge in [0, 0.05) is 47.2 Å². The first-order valence-corrected chi connectivity index (χ1v) is 11.4. The molecule has 0 atom stereocenters. The van der Waals surface area contributed by atoms with Crippen LogP contribution in [0.25, 0.3) is 55.8 Å². The zero-order valence-corrected chi connectivity index (χ0v) is 19.0. The Labute approximate surface area is 200 Å². The summed E-state index contributed by atoms with van der Waals surface area (Å²) >= 11 is 0. The molecule has 7 nitrogen and oxygen atoms in total. The monoisotopic (exact) mass is 463 g/mol. The van der Waals surface area contributed by atoms with Gasteiger partial charge in [-0.15, -0.1) is 0 Å². The van der Waals surface area contributed by atoms with Crippen molar-refractivity contribution in [1.82, 2.24) is 35.5 Å². The maximum absolute atomic E-state index is 14.5. The van der Waals surface area contributed by atoms with Crippen LogP contribution in [0.3, 0.4) is 0 Å². The second-order valence-corrected chi connectivity index (χ2v) is 8.32. The second kappa shape index (κ2) is 8.73. The first-order valence-electron chi connectivity index (χ1n) is 11.4. The van der Waals surface area contributed by atoms with E-state index >= 15 is 0 Å². The summed E-state index contributed by atoms with van der Waals surface area (Å²) in [6, 6.07) is 16.8. The van der Waals surface area contributed by atoms with Crippen LogP contribution in [0.4, 0.5) is 4.39 Å². The molecular formula is C27H22FN7. The molecule has 8 heteroatoms. The van der Waals surface area contributed by atoms with E-state index in [0.717, 1.165) is 40.7 Å². The molecule has 0 fully saturated rings. The molecular weight excluding hydrogens is 441 g/mol. The third-order valence-electron chi connectivity index (χ3n) is 6.05. The fraction of sp³-hybridized carbons (Fsp3) is 0.111. The van der Waals surface area contributed by atoms with Crippen molar-refractivity contribution >= 4 is 22.1 Å². The fourth-order valence-corrected chi connectivity index (χ4v) is 4.31. The van der Waals surface area contributed by atoms with Crippen LogP contribution in [0.15, 0.2) is 73.2 Å². The van der Waals surface area contributed by atoms with Gasteiger partial charge >= 0.3 is 0 Å². The molecule has 0 saturated carbocycles. The summed E-state index contributed by atoms with van der Waals surface area (Å²) in [5, 5.41) is 11.9. The molecule has 0 bridgehead atoms. The average Bonchev–Trinajstić information content (AvgIpc) is 3.51. The first-order chi connectivity index (χ1) is 17.2. The van der Waals surface area contributed by atoms with Crippen molar-refractivity contribution in [3.8, 4) is 33.8 Å². The van der Waals surface area contributed by atoms with Gasteiger partial charge in [0.1, 0.15) is 11.5 Å². The molecule has 4 heterocycles. The number of nitrogens with one attached hydrogen (secondary N) is 3. The third kappa shape index (κ3) is 3.83. The van der Waals surface area contributed by atoms with Crippen molar-refractivity contribution in [3.05, 3.63) is 84.6 Å². The summed E-state index contributed by atoms with van der Waals surface area (Å²) in [4.78, 5) is 16.8. The minimum atomic E-state index is -0.295. The molecule has 0 amide bonds. The van der Waals surface area contributed by atoms with E-state index in [0.29, 0.717) is 33.8 Å². The Morgan fingerprint density at radius 1 is 0.971 bits per heavy atom. The van der Waals surface area contributed by atoms with Gasteiger partial charge in [0.15, 0.2) is 11.5 Å². The molecule has 0 saturated heterocycles. The number of hydrogen-bond donors (Lipinski definition) is 3. The summed E-state index contributed by atoms with van der Waals surface area (Å²) < 4.78 is 14.5. The van der Waals surface area contributed by atoms with Crippen LogP contribution >= 0.6 is 0 Å². The molecule has 0 aliphatic carbocycles. The van der Waals surface area contributed by atoms with Gasteiger partial charge in [-0.25, -0.2) is 14.4 Å². The largest absolute Gasteiger partial charge is 0.335 e. The lowest BCUT2D eigenvalue weighted by Gasteiger charge is -2.06. The molecule has 0 radical (unpaired) electrons. The van der Waals surface area contributed by atoms with Crippen LogP contribution in [-0.4, -0.2) is 36.7 Å². The van der Waals surface area contributed by atoms with Crippen LogP contribution in [0, 0.1) is 5.82 Å². The number of hydrogen-bond acceptors (Lipinski definition) is 5. The number of aromatic amines is 2. The lowest BCUT2D eigenvalue weighted by Crippen LogP contribution is -2.11. The molecule has 4 aromatic heterocycles. The molecule has 3 N–H and O–H groups in total. The van der Waals surface area contributed by atoms with Crippen LogP contribution in [-0.2, 0) is 6.54 Å². The van der Waals surface area contributed by atoms with Crippen molar-refractivity contribution in [1.29, 1.82) is 0 Å². The van der Waals surface area contributed by atoms with Crippen LogP contribution in [0.1, 0.15) is 12.5 Å². The predicted octanol–water partition coefficient (Wildman–Crippen LogP) is 5.48. The Kier molecular flexibility index (Phi) is 5.27. The minimum Gasteiger partial charge on any atom is -0.335 e. The molecule has 0 unspecified atom stereocenters. The first kappa shape index (κ1) is 21.1. The molecule has 35 heavy (non-hydrogen) atoms. The summed E-state index contributed by atoms with van der Waals surface area (Å²) in [6.07, 6.45) is 5.38. The van der Waals surface area contributed by atoms with Gasteiger partial charge in [0.2, 0.25) is 0 Å². The molecule has 6 aromatic rings. The zero-order valence-electron chi connectivity index (χ0n) is 19.0. The number of nitrogens with zero attached hydrogens (tertiary/aromatic N) is 4. The van der Waals surface area contributed by atoms with E-state index in [4.69, 9.17) is 0 Å². The van der Waals surface area contributed by atoms with Crippen molar-refractivity contribution < 1.29 is 4.39 Å². The zero-order chi connectivity index (χ0) is 23.8. The minimum absolute atomic E-state index is 0.295. The highest BCUT2D eigenvalue weighted by Gasteiger charge is 2.17. The quantitative estimate of drug-likeness (QED) is 0.304. The van der Waals surface area contributed by atoms with Crippen LogP contribution in [0.2, 0.25) is 0 Å². The van der Waals surface area contributed by atoms with E-state index in [2.05, 4.69) is 60.6 Å². The fourth-order valence-electron chi connectivity index (χ4n) is 4.31. The topological polar surface area (TPSA) is 95.2 Å². The smallest absolute Gasteiger partial charge is 0.178 e. The highest BCUT2D eigenvalue weighted by Crippen LogP contribution is 2.33. The Bertz CT molecular complexity index is 1670. The van der Waals surface area contributed by atoms with E-state index < -0.39 is 0 Å². The summed E-state index contributed by atoms with van der Waals surface area (Å²) in [7, 11) is 0. The van der Waals surface area contributed by atoms with Crippen molar-refractivity contribution in [2.75, 3.05) is 6.54 Å². The Balaban J connectivity index is 1.45. The molecule has 0 aliphatic rings. The van der Waals surface area contributed by atoms with E-state index in [1.165, 1.54) is 6.07 Å². The highest BCUT2D eigenvalue weighted by molar-refractivity contribution is 5.97. The van der Waals surface area contributed by atoms with Gasteiger partial charge in [-0.05, 0) is 48.0 Å². The summed E-state index contributed by atoms with van der Waals surface area (Å²) in [6.45, 7) is 3.75. The highest BCUT2D eigenvalue weighted by atomic mass is 19.1. The summed E-state index contributed by atoms with van der Waals surface area (Å²) in [5.41, 5.74) is 7.13. The Hall–Kier alpha value is -4.43. The van der Waals surface area contributed by atoms with Gasteiger partial charge in [0.25, 0.3) is 0 Å². The molecule has 2 aromatic carbocycles. The van der Waals surface area contributed by atoms with Gasteiger partial charge in [-0.3, -0.25) is 10.1 Å². The van der Waals surface area contributed by atoms with Gasteiger partial charge in [-0.1, -0.05) is 31.2 Å². The molecule has 6 rings (SSSR count).